The van der Waals surface area contributed by atoms with E-state index in [1.807, 2.05) is 0 Å². The molecular formula is C2H5N3O7. The summed E-state index contributed by atoms with van der Waals surface area (Å²) in [6.45, 7) is -0.949. The van der Waals surface area contributed by atoms with Crippen LogP contribution in [0.25, 0.3) is 0 Å². The molecular weight excluding hydrogens is 178 g/mol. The van der Waals surface area contributed by atoms with E-state index < -0.39 is 22.7 Å². The van der Waals surface area contributed by atoms with E-state index in [2.05, 4.69) is 9.68 Å². The van der Waals surface area contributed by atoms with Crippen molar-refractivity contribution in [1.29, 1.82) is 0 Å². The lowest BCUT2D eigenvalue weighted by Crippen LogP contribution is -2.46. The summed E-state index contributed by atoms with van der Waals surface area (Å²) in [5, 5.41) is 25.0. The zero-order valence-electron chi connectivity index (χ0n) is 5.58. The molecule has 70 valence electrons. The molecule has 12 heavy (non-hydrogen) atoms. The molecule has 0 heterocycles. The van der Waals surface area contributed by atoms with Crippen LogP contribution < -0.4 is 5.73 Å². The van der Waals surface area contributed by atoms with Gasteiger partial charge in [0.1, 0.15) is 0 Å². The lowest BCUT2D eigenvalue weighted by atomic mass is 10.6. The van der Waals surface area contributed by atoms with Gasteiger partial charge in [0.15, 0.2) is 0 Å². The molecule has 0 rings (SSSR count). The number of nitrogens with two attached hydrogens (primary N) is 1. The topological polar surface area (TPSA) is 151 Å². The molecule has 0 saturated heterocycles. The highest BCUT2D eigenvalue weighted by Gasteiger charge is 2.34. The second-order valence-electron chi connectivity index (χ2n) is 1.55. The molecule has 0 atom stereocenters. The molecule has 3 N–H and O–H groups in total. The van der Waals surface area contributed by atoms with Crippen molar-refractivity contribution in [2.24, 2.45) is 5.73 Å². The Hall–Kier alpha value is -1.68. The van der Waals surface area contributed by atoms with E-state index in [1.165, 1.54) is 0 Å². The molecule has 0 radical (unpaired) electrons. The minimum atomic E-state index is -3.03. The molecule has 0 unspecified atom stereocenters. The number of hydrogen-bond donors (Lipinski definition) is 2. The van der Waals surface area contributed by atoms with Crippen LogP contribution in [0.2, 0.25) is 0 Å². The normalized spacial score (nSPS) is 10.5. The number of hydrogen-bond acceptors (Lipinski definition) is 8. The summed E-state index contributed by atoms with van der Waals surface area (Å²) < 4.78 is 0. The maximum absolute atomic E-state index is 9.62. The lowest BCUT2D eigenvalue weighted by Gasteiger charge is -2.19. The maximum atomic E-state index is 9.62. The first-order valence-corrected chi connectivity index (χ1v) is 2.49. The molecule has 0 aliphatic carbocycles. The van der Waals surface area contributed by atoms with Gasteiger partial charge in [0, 0.05) is 0 Å². The van der Waals surface area contributed by atoms with Gasteiger partial charge < -0.3 is 10.8 Å². The third-order valence-electron chi connectivity index (χ3n) is 0.692. The van der Waals surface area contributed by atoms with E-state index >= 15 is 0 Å². The lowest BCUT2D eigenvalue weighted by molar-refractivity contribution is -0.892. The zero-order chi connectivity index (χ0) is 9.78. The Morgan fingerprint density at radius 3 is 1.83 bits per heavy atom. The van der Waals surface area contributed by atoms with Crippen LogP contribution in [0.3, 0.4) is 0 Å². The Balaban J connectivity index is 4.23. The Morgan fingerprint density at radius 1 is 1.33 bits per heavy atom. The van der Waals surface area contributed by atoms with Crippen molar-refractivity contribution in [3.8, 4) is 0 Å². The van der Waals surface area contributed by atoms with Crippen LogP contribution in [0.4, 0.5) is 0 Å². The predicted octanol–water partition coefficient (Wildman–Crippen LogP) is -1.99. The number of nitrogens with zero attached hydrogens (tertiary/aromatic N) is 2. The van der Waals surface area contributed by atoms with Gasteiger partial charge in [0.2, 0.25) is 0 Å². The Labute approximate surface area is 64.7 Å². The fraction of sp³-hybridized carbons (Fsp3) is 1.00. The second-order valence-corrected chi connectivity index (χ2v) is 1.55. The van der Waals surface area contributed by atoms with Crippen molar-refractivity contribution < 1.29 is 25.0 Å². The van der Waals surface area contributed by atoms with Gasteiger partial charge >= 0.3 is 5.97 Å². The third kappa shape index (κ3) is 3.48. The predicted molar refractivity (Wildman–Crippen MR) is 30.2 cm³/mol. The van der Waals surface area contributed by atoms with E-state index in [0.717, 1.165) is 0 Å². The Morgan fingerprint density at radius 2 is 1.67 bits per heavy atom. The SMILES string of the molecule is NCC(O)(O[N+](=O)[O-])O[N+](=O)[O-]. The first kappa shape index (κ1) is 10.3. The molecule has 0 aliphatic rings. The Kier molecular flexibility index (Phi) is 3.13. The van der Waals surface area contributed by atoms with Gasteiger partial charge in [-0.15, -0.1) is 20.2 Å². The minimum absolute atomic E-state index is 0.949. The van der Waals surface area contributed by atoms with Crippen molar-refractivity contribution in [1.82, 2.24) is 0 Å². The third-order valence-corrected chi connectivity index (χ3v) is 0.692. The van der Waals surface area contributed by atoms with Gasteiger partial charge in [-0.3, -0.25) is 0 Å². The molecule has 0 aromatic rings. The fourth-order valence-electron chi connectivity index (χ4n) is 0.324. The first-order chi connectivity index (χ1) is 5.39. The van der Waals surface area contributed by atoms with Gasteiger partial charge in [-0.2, -0.15) is 0 Å². The van der Waals surface area contributed by atoms with Crippen LogP contribution in [0, 0.1) is 20.2 Å². The zero-order valence-corrected chi connectivity index (χ0v) is 5.58. The average Bonchev–Trinajstić information content (AvgIpc) is 1.83. The highest BCUT2D eigenvalue weighted by molar-refractivity contribution is 4.47. The first-order valence-electron chi connectivity index (χ1n) is 2.49. The second kappa shape index (κ2) is 3.64. The van der Waals surface area contributed by atoms with E-state index in [4.69, 9.17) is 10.8 Å². The summed E-state index contributed by atoms with van der Waals surface area (Å²) >= 11 is 0. The fourth-order valence-corrected chi connectivity index (χ4v) is 0.324. The van der Waals surface area contributed by atoms with Gasteiger partial charge in [0.05, 0.1) is 6.54 Å². The molecule has 0 aliphatic heterocycles. The van der Waals surface area contributed by atoms with Crippen LogP contribution in [0.1, 0.15) is 0 Å². The highest BCUT2D eigenvalue weighted by Crippen LogP contribution is 2.06. The van der Waals surface area contributed by atoms with Crippen molar-refractivity contribution >= 4 is 0 Å². The molecule has 0 aromatic carbocycles. The van der Waals surface area contributed by atoms with E-state index in [1.54, 1.807) is 0 Å². The van der Waals surface area contributed by atoms with E-state index in [-0.39, 0.29) is 0 Å². The number of aliphatic hydroxyl groups is 1. The highest BCUT2D eigenvalue weighted by atomic mass is 17.1. The van der Waals surface area contributed by atoms with Crippen molar-refractivity contribution in [2.45, 2.75) is 5.97 Å². The maximum Gasteiger partial charge on any atom is 0.376 e. The van der Waals surface area contributed by atoms with Crippen LogP contribution in [0.15, 0.2) is 0 Å². The quantitative estimate of drug-likeness (QED) is 0.282. The summed E-state index contributed by atoms with van der Waals surface area (Å²) in [6.07, 6.45) is 0. The molecule has 0 spiro atoms. The number of rotatable bonds is 5. The summed E-state index contributed by atoms with van der Waals surface area (Å²) in [5.74, 6) is -3.03. The van der Waals surface area contributed by atoms with Crippen molar-refractivity contribution in [3.05, 3.63) is 20.2 Å². The molecule has 0 amide bonds. The van der Waals surface area contributed by atoms with Crippen molar-refractivity contribution in [2.75, 3.05) is 6.54 Å². The molecule has 0 saturated carbocycles. The van der Waals surface area contributed by atoms with Crippen LogP contribution in [-0.2, 0) is 9.68 Å². The van der Waals surface area contributed by atoms with E-state index in [0.29, 0.717) is 0 Å². The van der Waals surface area contributed by atoms with Crippen LogP contribution >= 0.6 is 0 Å². The molecule has 10 nitrogen and oxygen atoms in total. The van der Waals surface area contributed by atoms with Crippen LogP contribution in [-0.4, -0.2) is 27.8 Å². The van der Waals surface area contributed by atoms with E-state index in [9.17, 15) is 20.2 Å². The van der Waals surface area contributed by atoms with Gasteiger partial charge in [0.25, 0.3) is 10.2 Å². The largest absolute Gasteiger partial charge is 0.376 e. The summed E-state index contributed by atoms with van der Waals surface area (Å²) in [4.78, 5) is 26.0. The summed E-state index contributed by atoms with van der Waals surface area (Å²) in [5.41, 5.74) is 4.69. The summed E-state index contributed by atoms with van der Waals surface area (Å²) in [7, 11) is 0. The smallest absolute Gasteiger partial charge is 0.345 e. The van der Waals surface area contributed by atoms with Gasteiger partial charge in [-0.05, 0) is 0 Å². The average molecular weight is 183 g/mol. The molecule has 0 aromatic heterocycles. The van der Waals surface area contributed by atoms with Gasteiger partial charge in [-0.25, -0.2) is 9.68 Å². The molecule has 0 fully saturated rings. The van der Waals surface area contributed by atoms with Crippen molar-refractivity contribution in [3.63, 3.8) is 0 Å². The van der Waals surface area contributed by atoms with Crippen LogP contribution in [0.5, 0.6) is 0 Å². The minimum Gasteiger partial charge on any atom is -0.345 e. The Bertz CT molecular complexity index is 175. The summed E-state index contributed by atoms with van der Waals surface area (Å²) in [6, 6.07) is 0. The standard InChI is InChI=1S/C2H5N3O7/c3-1-2(6,11-4(7)8)12-5(9)10/h6H,1,3H2. The van der Waals surface area contributed by atoms with Gasteiger partial charge in [-0.1, -0.05) is 0 Å². The molecule has 0 bridgehead atoms. The molecule has 10 heteroatoms. The monoisotopic (exact) mass is 183 g/mol.